The van der Waals surface area contributed by atoms with Gasteiger partial charge in [0.1, 0.15) is 0 Å². The average molecular weight is 130 g/mol. The van der Waals surface area contributed by atoms with Crippen molar-refractivity contribution in [1.82, 2.24) is 0 Å². The summed E-state index contributed by atoms with van der Waals surface area (Å²) in [5, 5.41) is 0. The predicted molar refractivity (Wildman–Crippen MR) is 40.6 cm³/mol. The van der Waals surface area contributed by atoms with Crippen molar-refractivity contribution in [3.63, 3.8) is 0 Å². The monoisotopic (exact) mass is 130 g/mol. The molecule has 0 aromatic rings. The summed E-state index contributed by atoms with van der Waals surface area (Å²) in [7, 11) is 0. The average Bonchev–Trinajstić information content (AvgIpc) is 1.94. The van der Waals surface area contributed by atoms with Crippen molar-refractivity contribution >= 4 is 0 Å². The van der Waals surface area contributed by atoms with E-state index in [2.05, 4.69) is 6.92 Å². The van der Waals surface area contributed by atoms with Crippen LogP contribution in [0.5, 0.6) is 0 Å². The van der Waals surface area contributed by atoms with Crippen LogP contribution in [0.2, 0.25) is 0 Å². The van der Waals surface area contributed by atoms with E-state index in [4.69, 9.17) is 4.74 Å². The van der Waals surface area contributed by atoms with E-state index in [0.29, 0.717) is 0 Å². The van der Waals surface area contributed by atoms with Crippen molar-refractivity contribution in [1.29, 1.82) is 0 Å². The molecule has 0 aromatic carbocycles. The zero-order valence-corrected chi connectivity index (χ0v) is 6.81. The van der Waals surface area contributed by atoms with Gasteiger partial charge in [0.05, 0.1) is 0 Å². The molecule has 0 aliphatic carbocycles. The van der Waals surface area contributed by atoms with E-state index in [1.807, 2.05) is 13.8 Å². The molecule has 0 bridgehead atoms. The highest BCUT2D eigenvalue weighted by Crippen LogP contribution is 2.10. The Bertz CT molecular complexity index is 46.5. The maximum atomic E-state index is 5.18. The third-order valence-corrected chi connectivity index (χ3v) is 1.39. The van der Waals surface area contributed by atoms with E-state index in [9.17, 15) is 0 Å². The van der Waals surface area contributed by atoms with Gasteiger partial charge in [0.2, 0.25) is 0 Å². The van der Waals surface area contributed by atoms with Gasteiger partial charge in [0, 0.05) is 13.2 Å². The van der Waals surface area contributed by atoms with Crippen LogP contribution in [-0.4, -0.2) is 13.2 Å². The van der Waals surface area contributed by atoms with Crippen LogP contribution in [-0.2, 0) is 4.74 Å². The third kappa shape index (κ3) is 4.46. The van der Waals surface area contributed by atoms with Crippen molar-refractivity contribution in [2.75, 3.05) is 13.2 Å². The summed E-state index contributed by atoms with van der Waals surface area (Å²) in [6, 6.07) is 0. The molecule has 0 aromatic heterocycles. The molecule has 1 heteroatoms. The van der Waals surface area contributed by atoms with Crippen LogP contribution >= 0.6 is 0 Å². The van der Waals surface area contributed by atoms with E-state index in [1.165, 1.54) is 12.8 Å². The van der Waals surface area contributed by atoms with Crippen LogP contribution < -0.4 is 0 Å². The second kappa shape index (κ2) is 6.09. The molecular formula is C8H18O. The van der Waals surface area contributed by atoms with Gasteiger partial charge in [-0.1, -0.05) is 20.8 Å². The molecular weight excluding hydrogens is 112 g/mol. The lowest BCUT2D eigenvalue weighted by Crippen LogP contribution is -2.13. The Kier molecular flexibility index (Phi) is 6.06. The first-order valence-electron chi connectivity index (χ1n) is 3.97. The van der Waals surface area contributed by atoms with Gasteiger partial charge in [0.15, 0.2) is 0 Å². The molecule has 1 atom stereocenters. The highest BCUT2D eigenvalue weighted by molar-refractivity contribution is 4.55. The standard InChI is InChI=1S/C6H12O.C2H6/c1-6-3-2-4-7-5-6;1-2/h6H,2-5H2,1H3;1-2H3/t6-;/m1./s1. The molecule has 9 heavy (non-hydrogen) atoms. The lowest BCUT2D eigenvalue weighted by atomic mass is 10.1. The normalized spacial score (nSPS) is 26.3. The Labute approximate surface area is 58.4 Å². The minimum Gasteiger partial charge on any atom is -0.381 e. The molecule has 0 spiro atoms. The summed E-state index contributed by atoms with van der Waals surface area (Å²) in [5.41, 5.74) is 0. The predicted octanol–water partition coefficient (Wildman–Crippen LogP) is 2.46. The molecule has 1 aliphatic heterocycles. The topological polar surface area (TPSA) is 9.23 Å². The molecule has 1 aliphatic rings. The Morgan fingerprint density at radius 3 is 2.22 bits per heavy atom. The van der Waals surface area contributed by atoms with Crippen LogP contribution in [0.15, 0.2) is 0 Å². The van der Waals surface area contributed by atoms with E-state index in [-0.39, 0.29) is 0 Å². The lowest BCUT2D eigenvalue weighted by molar-refractivity contribution is 0.0616. The molecule has 0 radical (unpaired) electrons. The summed E-state index contributed by atoms with van der Waals surface area (Å²) in [4.78, 5) is 0. The van der Waals surface area contributed by atoms with E-state index in [0.717, 1.165) is 19.1 Å². The number of ether oxygens (including phenoxy) is 1. The van der Waals surface area contributed by atoms with Gasteiger partial charge in [-0.05, 0) is 18.8 Å². The second-order valence-electron chi connectivity index (χ2n) is 2.32. The molecule has 1 saturated heterocycles. The van der Waals surface area contributed by atoms with Crippen molar-refractivity contribution in [2.45, 2.75) is 33.6 Å². The molecule has 1 fully saturated rings. The second-order valence-corrected chi connectivity index (χ2v) is 2.32. The van der Waals surface area contributed by atoms with Crippen molar-refractivity contribution in [3.8, 4) is 0 Å². The Morgan fingerprint density at radius 1 is 1.33 bits per heavy atom. The minimum atomic E-state index is 0.814. The third-order valence-electron chi connectivity index (χ3n) is 1.39. The fourth-order valence-electron chi connectivity index (χ4n) is 0.902. The number of rotatable bonds is 0. The summed E-state index contributed by atoms with van der Waals surface area (Å²) >= 11 is 0. The summed E-state index contributed by atoms with van der Waals surface area (Å²) in [6.07, 6.45) is 2.63. The first-order valence-corrected chi connectivity index (χ1v) is 3.97. The number of hydrogen-bond acceptors (Lipinski definition) is 1. The van der Waals surface area contributed by atoms with Crippen LogP contribution in [0.3, 0.4) is 0 Å². The number of hydrogen-bond donors (Lipinski definition) is 0. The van der Waals surface area contributed by atoms with Gasteiger partial charge < -0.3 is 4.74 Å². The van der Waals surface area contributed by atoms with Crippen molar-refractivity contribution < 1.29 is 4.74 Å². The van der Waals surface area contributed by atoms with Gasteiger partial charge in [-0.2, -0.15) is 0 Å². The Hall–Kier alpha value is -0.0400. The largest absolute Gasteiger partial charge is 0.381 e. The van der Waals surface area contributed by atoms with Gasteiger partial charge in [-0.25, -0.2) is 0 Å². The molecule has 0 N–H and O–H groups in total. The molecule has 1 heterocycles. The smallest absolute Gasteiger partial charge is 0.0491 e. The van der Waals surface area contributed by atoms with Crippen LogP contribution in [0.25, 0.3) is 0 Å². The fraction of sp³-hybridized carbons (Fsp3) is 1.00. The van der Waals surface area contributed by atoms with Gasteiger partial charge in [-0.15, -0.1) is 0 Å². The molecule has 1 nitrogen and oxygen atoms in total. The zero-order chi connectivity index (χ0) is 7.11. The zero-order valence-electron chi connectivity index (χ0n) is 6.81. The SMILES string of the molecule is CC.C[C@@H]1CCCOC1. The Morgan fingerprint density at radius 2 is 2.00 bits per heavy atom. The summed E-state index contributed by atoms with van der Waals surface area (Å²) in [5.74, 6) is 0.814. The summed E-state index contributed by atoms with van der Waals surface area (Å²) < 4.78 is 5.18. The van der Waals surface area contributed by atoms with Crippen LogP contribution in [0, 0.1) is 5.92 Å². The van der Waals surface area contributed by atoms with Gasteiger partial charge >= 0.3 is 0 Å². The van der Waals surface area contributed by atoms with Crippen LogP contribution in [0.4, 0.5) is 0 Å². The summed E-state index contributed by atoms with van der Waals surface area (Å²) in [6.45, 7) is 8.21. The molecule has 56 valence electrons. The molecule has 0 amide bonds. The van der Waals surface area contributed by atoms with Crippen molar-refractivity contribution in [3.05, 3.63) is 0 Å². The molecule has 1 rings (SSSR count). The molecule has 0 unspecified atom stereocenters. The van der Waals surface area contributed by atoms with E-state index < -0.39 is 0 Å². The highest BCUT2D eigenvalue weighted by Gasteiger charge is 2.06. The first-order chi connectivity index (χ1) is 4.39. The van der Waals surface area contributed by atoms with E-state index >= 15 is 0 Å². The van der Waals surface area contributed by atoms with Gasteiger partial charge in [-0.3, -0.25) is 0 Å². The maximum Gasteiger partial charge on any atom is 0.0491 e. The Balaban J connectivity index is 0.000000291. The quantitative estimate of drug-likeness (QED) is 0.489. The highest BCUT2D eigenvalue weighted by atomic mass is 16.5. The fourth-order valence-corrected chi connectivity index (χ4v) is 0.902. The minimum absolute atomic E-state index is 0.814. The van der Waals surface area contributed by atoms with Crippen LogP contribution in [0.1, 0.15) is 33.6 Å². The maximum absolute atomic E-state index is 5.18. The lowest BCUT2D eigenvalue weighted by Gasteiger charge is -2.16. The first kappa shape index (κ1) is 8.96. The van der Waals surface area contributed by atoms with Crippen molar-refractivity contribution in [2.24, 2.45) is 5.92 Å². The molecule has 0 saturated carbocycles. The van der Waals surface area contributed by atoms with E-state index in [1.54, 1.807) is 0 Å². The van der Waals surface area contributed by atoms with Gasteiger partial charge in [0.25, 0.3) is 0 Å².